The molecule has 0 aliphatic carbocycles. The zero-order valence-electron chi connectivity index (χ0n) is 6.52. The first-order valence-corrected chi connectivity index (χ1v) is 3.48. The topological polar surface area (TPSA) is 20.2 Å². The first kappa shape index (κ1) is 8.70. The Morgan fingerprint density at radius 1 is 1.67 bits per heavy atom. The number of aliphatic hydroxyl groups excluding tert-OH is 1. The number of hydrogen-bond donors (Lipinski definition) is 1. The van der Waals surface area contributed by atoms with Gasteiger partial charge in [-0.1, -0.05) is 31.9 Å². The van der Waals surface area contributed by atoms with Gasteiger partial charge in [-0.2, -0.15) is 0 Å². The number of allylic oxidation sites excluding steroid dienone is 1. The van der Waals surface area contributed by atoms with Crippen molar-refractivity contribution in [3.05, 3.63) is 11.6 Å². The van der Waals surface area contributed by atoms with Crippen LogP contribution in [0.15, 0.2) is 11.6 Å². The predicted molar refractivity (Wildman–Crippen MR) is 40.3 cm³/mol. The number of hydrogen-bond acceptors (Lipinski definition) is 1. The Bertz CT molecular complexity index is 94.7. The minimum atomic E-state index is 0.199. The summed E-state index contributed by atoms with van der Waals surface area (Å²) in [5.74, 6) is 0.608. The van der Waals surface area contributed by atoms with Crippen LogP contribution in [0.25, 0.3) is 0 Å². The zero-order valence-corrected chi connectivity index (χ0v) is 6.52. The van der Waals surface area contributed by atoms with E-state index < -0.39 is 0 Å². The van der Waals surface area contributed by atoms with Crippen molar-refractivity contribution in [2.24, 2.45) is 5.92 Å². The van der Waals surface area contributed by atoms with Gasteiger partial charge in [-0.25, -0.2) is 0 Å². The van der Waals surface area contributed by atoms with Crippen LogP contribution < -0.4 is 0 Å². The lowest BCUT2D eigenvalue weighted by molar-refractivity contribution is 0.330. The fourth-order valence-corrected chi connectivity index (χ4v) is 0.656. The third kappa shape index (κ3) is 4.22. The van der Waals surface area contributed by atoms with Crippen molar-refractivity contribution in [2.75, 3.05) is 6.61 Å². The highest BCUT2D eigenvalue weighted by Gasteiger charge is 1.92. The SMILES string of the molecule is CC[C@H](C)/C=C(\C)CO. The molecule has 1 atom stereocenters. The molecule has 0 spiro atoms. The van der Waals surface area contributed by atoms with E-state index in [1.165, 1.54) is 0 Å². The summed E-state index contributed by atoms with van der Waals surface area (Å²) in [6, 6.07) is 0. The first-order chi connectivity index (χ1) is 4.20. The Morgan fingerprint density at radius 3 is 2.56 bits per heavy atom. The molecule has 0 amide bonds. The maximum atomic E-state index is 8.61. The van der Waals surface area contributed by atoms with Crippen molar-refractivity contribution in [2.45, 2.75) is 27.2 Å². The highest BCUT2D eigenvalue weighted by Crippen LogP contribution is 2.05. The second kappa shape index (κ2) is 4.57. The molecule has 0 heterocycles. The maximum Gasteiger partial charge on any atom is 0.0639 e. The fourth-order valence-electron chi connectivity index (χ4n) is 0.656. The average Bonchev–Trinajstić information content (AvgIpc) is 1.87. The molecule has 0 aromatic heterocycles. The van der Waals surface area contributed by atoms with Gasteiger partial charge in [-0.05, 0) is 12.8 Å². The Morgan fingerprint density at radius 2 is 2.22 bits per heavy atom. The summed E-state index contributed by atoms with van der Waals surface area (Å²) < 4.78 is 0. The third-order valence-electron chi connectivity index (χ3n) is 1.46. The third-order valence-corrected chi connectivity index (χ3v) is 1.46. The fraction of sp³-hybridized carbons (Fsp3) is 0.750. The Balaban J connectivity index is 3.64. The van der Waals surface area contributed by atoms with Gasteiger partial charge in [0.2, 0.25) is 0 Å². The second-order valence-electron chi connectivity index (χ2n) is 2.56. The lowest BCUT2D eigenvalue weighted by Gasteiger charge is -2.01. The highest BCUT2D eigenvalue weighted by atomic mass is 16.3. The second-order valence-corrected chi connectivity index (χ2v) is 2.56. The van der Waals surface area contributed by atoms with Crippen molar-refractivity contribution < 1.29 is 5.11 Å². The van der Waals surface area contributed by atoms with Crippen LogP contribution in [0, 0.1) is 5.92 Å². The van der Waals surface area contributed by atoms with Gasteiger partial charge in [0, 0.05) is 0 Å². The summed E-state index contributed by atoms with van der Waals surface area (Å²) in [6.07, 6.45) is 3.26. The molecule has 0 aromatic rings. The summed E-state index contributed by atoms with van der Waals surface area (Å²) in [4.78, 5) is 0. The molecule has 0 aliphatic heterocycles. The van der Waals surface area contributed by atoms with E-state index in [0.29, 0.717) is 5.92 Å². The Kier molecular flexibility index (Phi) is 4.41. The molecule has 54 valence electrons. The molecule has 1 N–H and O–H groups in total. The van der Waals surface area contributed by atoms with Gasteiger partial charge in [0.25, 0.3) is 0 Å². The van der Waals surface area contributed by atoms with Crippen molar-refractivity contribution in [3.8, 4) is 0 Å². The molecule has 0 saturated carbocycles. The smallest absolute Gasteiger partial charge is 0.0639 e. The zero-order chi connectivity index (χ0) is 7.28. The van der Waals surface area contributed by atoms with Gasteiger partial charge in [-0.15, -0.1) is 0 Å². The normalized spacial score (nSPS) is 15.8. The minimum Gasteiger partial charge on any atom is -0.392 e. The molecule has 0 bridgehead atoms. The molecule has 9 heavy (non-hydrogen) atoms. The van der Waals surface area contributed by atoms with Crippen LogP contribution in [-0.2, 0) is 0 Å². The molecule has 0 aromatic carbocycles. The van der Waals surface area contributed by atoms with Crippen molar-refractivity contribution >= 4 is 0 Å². The van der Waals surface area contributed by atoms with Crippen LogP contribution in [-0.4, -0.2) is 11.7 Å². The number of rotatable bonds is 3. The van der Waals surface area contributed by atoms with Gasteiger partial charge in [0.15, 0.2) is 0 Å². The average molecular weight is 128 g/mol. The molecule has 1 heteroatoms. The van der Waals surface area contributed by atoms with E-state index in [-0.39, 0.29) is 6.61 Å². The minimum absolute atomic E-state index is 0.199. The van der Waals surface area contributed by atoms with Crippen molar-refractivity contribution in [1.82, 2.24) is 0 Å². The summed E-state index contributed by atoms with van der Waals surface area (Å²) in [5, 5.41) is 8.61. The van der Waals surface area contributed by atoms with Gasteiger partial charge in [0.05, 0.1) is 6.61 Å². The van der Waals surface area contributed by atoms with E-state index in [9.17, 15) is 0 Å². The molecular formula is C8H16O. The van der Waals surface area contributed by atoms with E-state index in [0.717, 1.165) is 12.0 Å². The van der Waals surface area contributed by atoms with Gasteiger partial charge in [0.1, 0.15) is 0 Å². The van der Waals surface area contributed by atoms with Crippen molar-refractivity contribution in [3.63, 3.8) is 0 Å². The summed E-state index contributed by atoms with van der Waals surface area (Å²) in [6.45, 7) is 6.45. The molecule has 0 aliphatic rings. The van der Waals surface area contributed by atoms with Crippen LogP contribution in [0.5, 0.6) is 0 Å². The first-order valence-electron chi connectivity index (χ1n) is 3.48. The summed E-state index contributed by atoms with van der Waals surface area (Å²) >= 11 is 0. The molecule has 0 radical (unpaired) electrons. The molecule has 1 nitrogen and oxygen atoms in total. The predicted octanol–water partition coefficient (Wildman–Crippen LogP) is 1.97. The van der Waals surface area contributed by atoms with Crippen LogP contribution in [0.4, 0.5) is 0 Å². The molecule has 0 unspecified atom stereocenters. The maximum absolute atomic E-state index is 8.61. The van der Waals surface area contributed by atoms with E-state index >= 15 is 0 Å². The quantitative estimate of drug-likeness (QED) is 0.576. The van der Waals surface area contributed by atoms with Crippen molar-refractivity contribution in [1.29, 1.82) is 0 Å². The van der Waals surface area contributed by atoms with Gasteiger partial charge in [-0.3, -0.25) is 0 Å². The monoisotopic (exact) mass is 128 g/mol. The van der Waals surface area contributed by atoms with Crippen LogP contribution >= 0.6 is 0 Å². The lowest BCUT2D eigenvalue weighted by Crippen LogP contribution is -1.90. The van der Waals surface area contributed by atoms with E-state index in [2.05, 4.69) is 19.9 Å². The standard InChI is InChI=1S/C8H16O/c1-4-7(2)5-8(3)6-9/h5,7,9H,4,6H2,1-3H3/b8-5+/t7-/m0/s1. The van der Waals surface area contributed by atoms with Gasteiger partial charge >= 0.3 is 0 Å². The van der Waals surface area contributed by atoms with E-state index in [1.807, 2.05) is 6.92 Å². The van der Waals surface area contributed by atoms with Gasteiger partial charge < -0.3 is 5.11 Å². The van der Waals surface area contributed by atoms with Crippen LogP contribution in [0.1, 0.15) is 27.2 Å². The van der Waals surface area contributed by atoms with Crippen LogP contribution in [0.3, 0.4) is 0 Å². The Labute approximate surface area is 57.4 Å². The molecule has 0 rings (SSSR count). The largest absolute Gasteiger partial charge is 0.392 e. The summed E-state index contributed by atoms with van der Waals surface area (Å²) in [5.41, 5.74) is 1.07. The highest BCUT2D eigenvalue weighted by molar-refractivity contribution is 4.99. The lowest BCUT2D eigenvalue weighted by atomic mass is 10.1. The molecular weight excluding hydrogens is 112 g/mol. The molecule has 0 saturated heterocycles. The Hall–Kier alpha value is -0.300. The van der Waals surface area contributed by atoms with Crippen LogP contribution in [0.2, 0.25) is 0 Å². The number of aliphatic hydroxyl groups is 1. The molecule has 0 fully saturated rings. The van der Waals surface area contributed by atoms with E-state index in [1.54, 1.807) is 0 Å². The summed E-state index contributed by atoms with van der Waals surface area (Å²) in [7, 11) is 0. The van der Waals surface area contributed by atoms with E-state index in [4.69, 9.17) is 5.11 Å².